The molecule has 0 aliphatic heterocycles. The van der Waals surface area contributed by atoms with Gasteiger partial charge in [0.25, 0.3) is 0 Å². The van der Waals surface area contributed by atoms with Gasteiger partial charge in [0.05, 0.1) is 0 Å². The Morgan fingerprint density at radius 1 is 1.15 bits per heavy atom. The summed E-state index contributed by atoms with van der Waals surface area (Å²) in [6.45, 7) is 11.1. The maximum absolute atomic E-state index is 13.7. The average molecular weight is 286 g/mol. The van der Waals surface area contributed by atoms with Crippen LogP contribution in [0, 0.1) is 11.6 Å². The molecule has 6 heteroatoms. The predicted molar refractivity (Wildman–Crippen MR) is 79.2 cm³/mol. The Labute approximate surface area is 119 Å². The Hall–Kier alpha value is -1.43. The molecule has 0 saturated heterocycles. The summed E-state index contributed by atoms with van der Waals surface area (Å²) in [5, 5.41) is 5.78. The van der Waals surface area contributed by atoms with Crippen LogP contribution in [-0.4, -0.2) is 42.1 Å². The summed E-state index contributed by atoms with van der Waals surface area (Å²) < 4.78 is 27.2. The van der Waals surface area contributed by atoms with E-state index in [2.05, 4.69) is 34.4 Å². The first-order valence-electron chi connectivity index (χ1n) is 7.10. The van der Waals surface area contributed by atoms with Crippen molar-refractivity contribution in [2.24, 2.45) is 0 Å². The Morgan fingerprint density at radius 3 is 2.30 bits per heavy atom. The fourth-order valence-electron chi connectivity index (χ4n) is 2.01. The molecule has 1 aromatic rings. The monoisotopic (exact) mass is 286 g/mol. The number of nitrogens with zero attached hydrogens (tertiary/aromatic N) is 2. The Bertz CT molecular complexity index is 422. The van der Waals surface area contributed by atoms with Gasteiger partial charge in [-0.1, -0.05) is 13.8 Å². The van der Waals surface area contributed by atoms with Crippen molar-refractivity contribution >= 4 is 11.6 Å². The Balaban J connectivity index is 2.78. The number of anilines is 2. The molecule has 0 saturated carbocycles. The summed E-state index contributed by atoms with van der Waals surface area (Å²) in [6.07, 6.45) is 0. The van der Waals surface area contributed by atoms with Crippen LogP contribution in [0.1, 0.15) is 27.7 Å². The van der Waals surface area contributed by atoms with E-state index >= 15 is 0 Å². The second-order valence-electron chi connectivity index (χ2n) is 4.71. The fraction of sp³-hybridized carbons (Fsp3) is 0.643. The minimum Gasteiger partial charge on any atom is -0.368 e. The van der Waals surface area contributed by atoms with Crippen LogP contribution in [0.25, 0.3) is 0 Å². The van der Waals surface area contributed by atoms with Crippen LogP contribution in [-0.2, 0) is 0 Å². The van der Waals surface area contributed by atoms with Gasteiger partial charge in [-0.25, -0.2) is 13.8 Å². The van der Waals surface area contributed by atoms with Crippen molar-refractivity contribution in [3.8, 4) is 0 Å². The number of aromatic nitrogens is 1. The third kappa shape index (κ3) is 4.59. The SMILES string of the molecule is CCNc1nc(NC(C)CN(CC)CC)c(F)cc1F. The van der Waals surface area contributed by atoms with Crippen molar-refractivity contribution in [1.29, 1.82) is 0 Å². The second kappa shape index (κ2) is 7.99. The molecule has 0 aromatic carbocycles. The highest BCUT2D eigenvalue weighted by Crippen LogP contribution is 2.19. The third-order valence-corrected chi connectivity index (χ3v) is 3.08. The molecule has 1 unspecified atom stereocenters. The lowest BCUT2D eigenvalue weighted by molar-refractivity contribution is 0.294. The summed E-state index contributed by atoms with van der Waals surface area (Å²) in [7, 11) is 0. The zero-order chi connectivity index (χ0) is 15.1. The number of halogens is 2. The summed E-state index contributed by atoms with van der Waals surface area (Å²) in [5.41, 5.74) is 0. The first-order valence-corrected chi connectivity index (χ1v) is 7.10. The molecular formula is C14H24F2N4. The van der Waals surface area contributed by atoms with Crippen molar-refractivity contribution in [1.82, 2.24) is 9.88 Å². The molecule has 0 amide bonds. The molecule has 1 atom stereocenters. The highest BCUT2D eigenvalue weighted by atomic mass is 19.1. The molecule has 0 radical (unpaired) electrons. The molecule has 4 nitrogen and oxygen atoms in total. The highest BCUT2D eigenvalue weighted by molar-refractivity contribution is 5.47. The molecule has 0 fully saturated rings. The van der Waals surface area contributed by atoms with Crippen molar-refractivity contribution in [3.05, 3.63) is 17.7 Å². The molecule has 1 aromatic heterocycles. The first-order chi connectivity index (χ1) is 9.51. The number of nitrogens with one attached hydrogen (secondary N) is 2. The van der Waals surface area contributed by atoms with Gasteiger partial charge in [0, 0.05) is 25.2 Å². The number of hydrogen-bond acceptors (Lipinski definition) is 4. The maximum Gasteiger partial charge on any atom is 0.168 e. The Morgan fingerprint density at radius 2 is 1.75 bits per heavy atom. The maximum atomic E-state index is 13.7. The van der Waals surface area contributed by atoms with Crippen LogP contribution in [0.5, 0.6) is 0 Å². The van der Waals surface area contributed by atoms with Gasteiger partial charge in [0.15, 0.2) is 23.3 Å². The number of hydrogen-bond donors (Lipinski definition) is 2. The molecular weight excluding hydrogens is 262 g/mol. The van der Waals surface area contributed by atoms with Crippen LogP contribution >= 0.6 is 0 Å². The number of rotatable bonds is 8. The highest BCUT2D eigenvalue weighted by Gasteiger charge is 2.14. The third-order valence-electron chi connectivity index (χ3n) is 3.08. The van der Waals surface area contributed by atoms with E-state index in [0.717, 1.165) is 25.7 Å². The van der Waals surface area contributed by atoms with E-state index in [1.807, 2.05) is 13.8 Å². The topological polar surface area (TPSA) is 40.2 Å². The van der Waals surface area contributed by atoms with Gasteiger partial charge in [-0.2, -0.15) is 0 Å². The predicted octanol–water partition coefficient (Wildman–Crippen LogP) is 2.93. The van der Waals surface area contributed by atoms with Gasteiger partial charge in [-0.05, 0) is 26.9 Å². The van der Waals surface area contributed by atoms with E-state index in [4.69, 9.17) is 0 Å². The molecule has 0 aliphatic rings. The summed E-state index contributed by atoms with van der Waals surface area (Å²) in [6, 6.07) is 0.883. The van der Waals surface area contributed by atoms with Crippen molar-refractivity contribution in [2.75, 3.05) is 36.8 Å². The lowest BCUT2D eigenvalue weighted by atomic mass is 10.3. The van der Waals surface area contributed by atoms with Crippen LogP contribution in [0.3, 0.4) is 0 Å². The lowest BCUT2D eigenvalue weighted by Crippen LogP contribution is -2.35. The summed E-state index contributed by atoms with van der Waals surface area (Å²) >= 11 is 0. The number of pyridine rings is 1. The molecule has 114 valence electrons. The van der Waals surface area contributed by atoms with Crippen LogP contribution in [0.2, 0.25) is 0 Å². The van der Waals surface area contributed by atoms with Crippen molar-refractivity contribution < 1.29 is 8.78 Å². The van der Waals surface area contributed by atoms with Gasteiger partial charge in [-0.15, -0.1) is 0 Å². The zero-order valence-electron chi connectivity index (χ0n) is 12.6. The minimum absolute atomic E-state index is 0.0248. The molecule has 20 heavy (non-hydrogen) atoms. The van der Waals surface area contributed by atoms with Crippen LogP contribution < -0.4 is 10.6 Å². The molecule has 0 aliphatic carbocycles. The quantitative estimate of drug-likeness (QED) is 0.771. The molecule has 1 rings (SSSR count). The largest absolute Gasteiger partial charge is 0.368 e. The van der Waals surface area contributed by atoms with E-state index in [1.165, 1.54) is 0 Å². The van der Waals surface area contributed by atoms with E-state index < -0.39 is 11.6 Å². The van der Waals surface area contributed by atoms with E-state index in [-0.39, 0.29) is 17.7 Å². The summed E-state index contributed by atoms with van der Waals surface area (Å²) in [4.78, 5) is 6.20. The molecule has 1 heterocycles. The molecule has 2 N–H and O–H groups in total. The number of likely N-dealkylation sites (N-methyl/N-ethyl adjacent to an activating group) is 1. The van der Waals surface area contributed by atoms with E-state index in [9.17, 15) is 8.78 Å². The second-order valence-corrected chi connectivity index (χ2v) is 4.71. The average Bonchev–Trinajstić information content (AvgIpc) is 2.41. The minimum atomic E-state index is -0.675. The van der Waals surface area contributed by atoms with Gasteiger partial charge in [0.1, 0.15) is 0 Å². The van der Waals surface area contributed by atoms with Crippen LogP contribution in [0.15, 0.2) is 6.07 Å². The normalized spacial score (nSPS) is 12.6. The Kier molecular flexibility index (Phi) is 6.64. The van der Waals surface area contributed by atoms with Gasteiger partial charge in [0.2, 0.25) is 0 Å². The smallest absolute Gasteiger partial charge is 0.168 e. The van der Waals surface area contributed by atoms with Gasteiger partial charge >= 0.3 is 0 Å². The van der Waals surface area contributed by atoms with E-state index in [1.54, 1.807) is 0 Å². The first kappa shape index (κ1) is 16.6. The van der Waals surface area contributed by atoms with Gasteiger partial charge in [-0.3, -0.25) is 0 Å². The van der Waals surface area contributed by atoms with Crippen LogP contribution in [0.4, 0.5) is 20.4 Å². The zero-order valence-corrected chi connectivity index (χ0v) is 12.6. The summed E-state index contributed by atoms with van der Waals surface area (Å²) in [5.74, 6) is -1.18. The van der Waals surface area contributed by atoms with Crippen molar-refractivity contribution in [2.45, 2.75) is 33.7 Å². The lowest BCUT2D eigenvalue weighted by Gasteiger charge is -2.24. The standard InChI is InChI=1S/C14H24F2N4/c1-5-17-13-11(15)8-12(16)14(19-13)18-10(4)9-20(6-2)7-3/h8,10H,5-7,9H2,1-4H3,(H2,17,18,19). The fourth-order valence-corrected chi connectivity index (χ4v) is 2.01. The van der Waals surface area contributed by atoms with Gasteiger partial charge < -0.3 is 15.5 Å². The molecule has 0 bridgehead atoms. The van der Waals surface area contributed by atoms with Crippen molar-refractivity contribution in [3.63, 3.8) is 0 Å². The molecule has 0 spiro atoms. The van der Waals surface area contributed by atoms with E-state index in [0.29, 0.717) is 6.54 Å².